The quantitative estimate of drug-likeness (QED) is 0.866. The van der Waals surface area contributed by atoms with E-state index in [0.29, 0.717) is 25.0 Å². The summed E-state index contributed by atoms with van der Waals surface area (Å²) < 4.78 is 6.07. The number of ether oxygens (including phenoxy) is 1. The molecule has 0 spiro atoms. The minimum Gasteiger partial charge on any atom is -0.378 e. The van der Waals surface area contributed by atoms with Crippen LogP contribution >= 0.6 is 0 Å². The van der Waals surface area contributed by atoms with Gasteiger partial charge in [0.25, 0.3) is 0 Å². The summed E-state index contributed by atoms with van der Waals surface area (Å²) >= 11 is 0. The minimum absolute atomic E-state index is 0.350. The molecule has 1 saturated carbocycles. The van der Waals surface area contributed by atoms with Crippen LogP contribution in [-0.4, -0.2) is 12.7 Å². The van der Waals surface area contributed by atoms with E-state index in [2.05, 4.69) is 13.0 Å². The number of rotatable bonds is 6. The molecule has 3 atom stereocenters. The van der Waals surface area contributed by atoms with Crippen LogP contribution in [-0.2, 0) is 10.3 Å². The first-order valence-corrected chi connectivity index (χ1v) is 8.07. The largest absolute Gasteiger partial charge is 0.378 e. The molecule has 2 rings (SSSR count). The van der Waals surface area contributed by atoms with Crippen molar-refractivity contribution in [2.45, 2.75) is 57.1 Å². The van der Waals surface area contributed by atoms with Crippen molar-refractivity contribution in [2.75, 3.05) is 6.61 Å². The van der Waals surface area contributed by atoms with Gasteiger partial charge in [0, 0.05) is 6.42 Å². The monoisotopic (exact) mass is 286 g/mol. The molecule has 114 valence electrons. The molecule has 1 aromatic rings. The van der Waals surface area contributed by atoms with Gasteiger partial charge in [0.2, 0.25) is 0 Å². The Morgan fingerprint density at radius 1 is 1.29 bits per heavy atom. The van der Waals surface area contributed by atoms with Crippen LogP contribution in [0, 0.1) is 17.2 Å². The van der Waals surface area contributed by atoms with Gasteiger partial charge in [0.1, 0.15) is 5.54 Å². The molecule has 0 amide bonds. The highest BCUT2D eigenvalue weighted by Crippen LogP contribution is 2.30. The van der Waals surface area contributed by atoms with Crippen LogP contribution in [0.5, 0.6) is 0 Å². The topological polar surface area (TPSA) is 59.0 Å². The lowest BCUT2D eigenvalue weighted by atomic mass is 9.84. The lowest BCUT2D eigenvalue weighted by Crippen LogP contribution is -2.37. The zero-order valence-electron chi connectivity index (χ0n) is 12.9. The molecular weight excluding hydrogens is 260 g/mol. The standard InChI is InChI=1S/C18H26N2O/c1-2-15-8-6-7-11-17(15)21-13-12-18(20,14-19)16-9-4-3-5-10-16/h3-5,9-10,15,17H,2,6-8,11-13,20H2,1H3. The number of nitrogens with zero attached hydrogens (tertiary/aromatic N) is 1. The van der Waals surface area contributed by atoms with Crippen molar-refractivity contribution in [1.82, 2.24) is 0 Å². The van der Waals surface area contributed by atoms with Crippen molar-refractivity contribution in [3.63, 3.8) is 0 Å². The molecule has 0 aromatic heterocycles. The zero-order chi connectivity index (χ0) is 15.1. The van der Waals surface area contributed by atoms with E-state index >= 15 is 0 Å². The summed E-state index contributed by atoms with van der Waals surface area (Å²) in [4.78, 5) is 0. The molecule has 3 nitrogen and oxygen atoms in total. The van der Waals surface area contributed by atoms with Crippen molar-refractivity contribution in [3.05, 3.63) is 35.9 Å². The van der Waals surface area contributed by atoms with Crippen LogP contribution in [0.2, 0.25) is 0 Å². The van der Waals surface area contributed by atoms with Crippen molar-refractivity contribution >= 4 is 0 Å². The second-order valence-electron chi connectivity index (χ2n) is 6.06. The molecule has 1 aliphatic carbocycles. The summed E-state index contributed by atoms with van der Waals surface area (Å²) in [6.45, 7) is 2.79. The second-order valence-corrected chi connectivity index (χ2v) is 6.06. The SMILES string of the molecule is CCC1CCCCC1OCCC(N)(C#N)c1ccccc1. The predicted octanol–water partition coefficient (Wildman–Crippen LogP) is 3.74. The molecule has 3 unspecified atom stereocenters. The van der Waals surface area contributed by atoms with Gasteiger partial charge >= 0.3 is 0 Å². The van der Waals surface area contributed by atoms with Gasteiger partial charge in [-0.05, 0) is 24.3 Å². The van der Waals surface area contributed by atoms with E-state index in [4.69, 9.17) is 10.5 Å². The summed E-state index contributed by atoms with van der Waals surface area (Å²) in [7, 11) is 0. The molecule has 2 N–H and O–H groups in total. The van der Waals surface area contributed by atoms with Crippen molar-refractivity contribution in [1.29, 1.82) is 5.26 Å². The Morgan fingerprint density at radius 3 is 2.67 bits per heavy atom. The Kier molecular flexibility index (Phi) is 5.78. The molecule has 0 aliphatic heterocycles. The predicted molar refractivity (Wildman–Crippen MR) is 84.5 cm³/mol. The second kappa shape index (κ2) is 7.59. The van der Waals surface area contributed by atoms with E-state index in [1.807, 2.05) is 30.3 Å². The zero-order valence-corrected chi connectivity index (χ0v) is 12.9. The molecular formula is C18H26N2O. The van der Waals surface area contributed by atoms with Gasteiger partial charge in [-0.25, -0.2) is 0 Å². The number of nitrogens with two attached hydrogens (primary N) is 1. The van der Waals surface area contributed by atoms with Gasteiger partial charge in [0.15, 0.2) is 0 Å². The van der Waals surface area contributed by atoms with Crippen LogP contribution in [0.1, 0.15) is 51.0 Å². The lowest BCUT2D eigenvalue weighted by Gasteiger charge is -2.32. The number of nitriles is 1. The number of benzene rings is 1. The van der Waals surface area contributed by atoms with Crippen LogP contribution in [0.25, 0.3) is 0 Å². The van der Waals surface area contributed by atoms with E-state index in [1.165, 1.54) is 25.7 Å². The molecule has 0 radical (unpaired) electrons. The normalized spacial score (nSPS) is 25.0. The third kappa shape index (κ3) is 4.06. The molecule has 1 aromatic carbocycles. The fourth-order valence-electron chi connectivity index (χ4n) is 3.23. The Morgan fingerprint density at radius 2 is 2.00 bits per heavy atom. The Bertz CT molecular complexity index is 468. The Balaban J connectivity index is 1.90. The van der Waals surface area contributed by atoms with E-state index in [1.54, 1.807) is 0 Å². The van der Waals surface area contributed by atoms with Crippen molar-refractivity contribution in [2.24, 2.45) is 11.7 Å². The van der Waals surface area contributed by atoms with Gasteiger partial charge in [-0.15, -0.1) is 0 Å². The number of hydrogen-bond acceptors (Lipinski definition) is 3. The van der Waals surface area contributed by atoms with E-state index < -0.39 is 5.54 Å². The first kappa shape index (κ1) is 16.0. The maximum absolute atomic E-state index is 9.44. The summed E-state index contributed by atoms with van der Waals surface area (Å²) in [5.41, 5.74) is 6.18. The highest BCUT2D eigenvalue weighted by Gasteiger charge is 2.29. The fraction of sp³-hybridized carbons (Fsp3) is 0.611. The average Bonchev–Trinajstić information content (AvgIpc) is 2.56. The van der Waals surface area contributed by atoms with Crippen LogP contribution in [0.3, 0.4) is 0 Å². The molecule has 3 heteroatoms. The summed E-state index contributed by atoms with van der Waals surface area (Å²) in [5.74, 6) is 0.671. The summed E-state index contributed by atoms with van der Waals surface area (Å²) in [6, 6.07) is 11.9. The maximum Gasteiger partial charge on any atom is 0.132 e. The fourth-order valence-corrected chi connectivity index (χ4v) is 3.23. The Hall–Kier alpha value is -1.37. The van der Waals surface area contributed by atoms with Gasteiger partial charge in [-0.1, -0.05) is 56.5 Å². The molecule has 0 saturated heterocycles. The van der Waals surface area contributed by atoms with Crippen molar-refractivity contribution in [3.8, 4) is 6.07 Å². The van der Waals surface area contributed by atoms with Gasteiger partial charge in [0.05, 0.1) is 18.8 Å². The lowest BCUT2D eigenvalue weighted by molar-refractivity contribution is -0.0168. The number of hydrogen-bond donors (Lipinski definition) is 1. The highest BCUT2D eigenvalue weighted by atomic mass is 16.5. The molecule has 1 aliphatic rings. The molecule has 21 heavy (non-hydrogen) atoms. The van der Waals surface area contributed by atoms with E-state index in [9.17, 15) is 5.26 Å². The average molecular weight is 286 g/mol. The maximum atomic E-state index is 9.44. The van der Waals surface area contributed by atoms with E-state index in [-0.39, 0.29) is 0 Å². The van der Waals surface area contributed by atoms with E-state index in [0.717, 1.165) is 12.0 Å². The Labute approximate surface area is 128 Å². The first-order valence-electron chi connectivity index (χ1n) is 8.07. The minimum atomic E-state index is -0.947. The molecule has 0 heterocycles. The van der Waals surface area contributed by atoms with Crippen LogP contribution < -0.4 is 5.73 Å². The van der Waals surface area contributed by atoms with Crippen LogP contribution in [0.15, 0.2) is 30.3 Å². The summed E-state index contributed by atoms with van der Waals surface area (Å²) in [6.07, 6.45) is 7.06. The molecule has 1 fully saturated rings. The smallest absolute Gasteiger partial charge is 0.132 e. The first-order chi connectivity index (χ1) is 10.2. The van der Waals surface area contributed by atoms with Crippen LogP contribution in [0.4, 0.5) is 0 Å². The third-order valence-electron chi connectivity index (χ3n) is 4.68. The highest BCUT2D eigenvalue weighted by molar-refractivity contribution is 5.30. The molecule has 0 bridgehead atoms. The van der Waals surface area contributed by atoms with Crippen molar-refractivity contribution < 1.29 is 4.74 Å². The van der Waals surface area contributed by atoms with Gasteiger partial charge < -0.3 is 10.5 Å². The third-order valence-corrected chi connectivity index (χ3v) is 4.68. The van der Waals surface area contributed by atoms with Gasteiger partial charge in [-0.2, -0.15) is 5.26 Å². The summed E-state index contributed by atoms with van der Waals surface area (Å²) in [5, 5.41) is 9.44. The van der Waals surface area contributed by atoms with Gasteiger partial charge in [-0.3, -0.25) is 0 Å².